The van der Waals surface area contributed by atoms with E-state index in [0.29, 0.717) is 12.2 Å². The smallest absolute Gasteiger partial charge is 0.223 e. The number of rotatable bonds is 6. The van der Waals surface area contributed by atoms with Crippen LogP contribution in [0, 0.1) is 10.1 Å². The highest BCUT2D eigenvalue weighted by atomic mass is 16.6. The second kappa shape index (κ2) is 6.03. The van der Waals surface area contributed by atoms with Crippen LogP contribution in [0.5, 0.6) is 5.75 Å². The van der Waals surface area contributed by atoms with Gasteiger partial charge in [-0.25, -0.2) is 0 Å². The van der Waals surface area contributed by atoms with Crippen LogP contribution in [0.1, 0.15) is 24.8 Å². The van der Waals surface area contributed by atoms with E-state index in [1.54, 1.807) is 13.2 Å². The highest BCUT2D eigenvalue weighted by Gasteiger charge is 2.28. The summed E-state index contributed by atoms with van der Waals surface area (Å²) in [4.78, 5) is 10.7. The van der Waals surface area contributed by atoms with Crippen LogP contribution in [-0.2, 0) is 0 Å². The molecule has 0 aliphatic carbocycles. The van der Waals surface area contributed by atoms with Gasteiger partial charge in [0.05, 0.1) is 13.0 Å². The molecule has 1 rings (SSSR count). The van der Waals surface area contributed by atoms with Crippen molar-refractivity contribution < 1.29 is 9.66 Å². The molecule has 0 aromatic heterocycles. The number of hydrogen-bond donors (Lipinski definition) is 0. The maximum atomic E-state index is 11.0. The first kappa shape index (κ1) is 13.2. The van der Waals surface area contributed by atoms with E-state index in [0.717, 1.165) is 5.56 Å². The summed E-state index contributed by atoms with van der Waals surface area (Å²) in [5.41, 5.74) is 0.864. The van der Waals surface area contributed by atoms with Crippen molar-refractivity contribution in [3.63, 3.8) is 0 Å². The Morgan fingerprint density at radius 3 is 2.76 bits per heavy atom. The minimum atomic E-state index is -0.639. The van der Waals surface area contributed by atoms with Crippen LogP contribution in [0.4, 0.5) is 0 Å². The monoisotopic (exact) mass is 235 g/mol. The highest BCUT2D eigenvalue weighted by molar-refractivity contribution is 5.33. The largest absolute Gasteiger partial charge is 0.497 e. The Kier molecular flexibility index (Phi) is 4.69. The van der Waals surface area contributed by atoms with Crippen molar-refractivity contribution in [1.82, 2.24) is 0 Å². The van der Waals surface area contributed by atoms with Crippen molar-refractivity contribution in [2.24, 2.45) is 0 Å². The fraction of sp³-hybridized carbons (Fsp3) is 0.385. The van der Waals surface area contributed by atoms with E-state index in [9.17, 15) is 10.1 Å². The third kappa shape index (κ3) is 3.06. The standard InChI is InChI=1S/C13H17NO3/c1-4-12(13(5-2)14(15)16)10-7-6-8-11(9-10)17-3/h4,6-9,12-13H,1,5H2,2-3H3. The molecule has 0 N–H and O–H groups in total. The molecule has 0 radical (unpaired) electrons. The molecule has 92 valence electrons. The van der Waals surface area contributed by atoms with Crippen LogP contribution in [-0.4, -0.2) is 18.1 Å². The van der Waals surface area contributed by atoms with E-state index in [4.69, 9.17) is 4.74 Å². The molecule has 0 aliphatic heterocycles. The molecule has 2 atom stereocenters. The van der Waals surface area contributed by atoms with Crippen LogP contribution in [0.25, 0.3) is 0 Å². The summed E-state index contributed by atoms with van der Waals surface area (Å²) in [6, 6.07) is 6.69. The molecule has 4 nitrogen and oxygen atoms in total. The van der Waals surface area contributed by atoms with Gasteiger partial charge in [0.1, 0.15) is 5.75 Å². The van der Waals surface area contributed by atoms with Crippen molar-refractivity contribution in [3.8, 4) is 5.75 Å². The summed E-state index contributed by atoms with van der Waals surface area (Å²) in [7, 11) is 1.58. The van der Waals surface area contributed by atoms with E-state index < -0.39 is 6.04 Å². The molecule has 0 fully saturated rings. The minimum Gasteiger partial charge on any atom is -0.497 e. The Morgan fingerprint density at radius 2 is 2.29 bits per heavy atom. The van der Waals surface area contributed by atoms with Gasteiger partial charge < -0.3 is 4.74 Å². The number of ether oxygens (including phenoxy) is 1. The summed E-state index contributed by atoms with van der Waals surface area (Å²) in [6.07, 6.45) is 2.10. The number of methoxy groups -OCH3 is 1. The fourth-order valence-electron chi connectivity index (χ4n) is 1.90. The fourth-order valence-corrected chi connectivity index (χ4v) is 1.90. The van der Waals surface area contributed by atoms with Crippen molar-refractivity contribution in [3.05, 3.63) is 52.6 Å². The van der Waals surface area contributed by atoms with Gasteiger partial charge in [-0.3, -0.25) is 10.1 Å². The van der Waals surface area contributed by atoms with Gasteiger partial charge in [0.25, 0.3) is 0 Å². The lowest BCUT2D eigenvalue weighted by molar-refractivity contribution is -0.525. The van der Waals surface area contributed by atoms with Crippen molar-refractivity contribution >= 4 is 0 Å². The van der Waals surface area contributed by atoms with Crippen LogP contribution in [0.3, 0.4) is 0 Å². The maximum Gasteiger partial charge on any atom is 0.223 e. The van der Waals surface area contributed by atoms with E-state index in [1.807, 2.05) is 31.2 Å². The van der Waals surface area contributed by atoms with Crippen LogP contribution < -0.4 is 4.74 Å². The van der Waals surface area contributed by atoms with Crippen molar-refractivity contribution in [1.29, 1.82) is 0 Å². The SMILES string of the molecule is C=CC(c1cccc(OC)c1)C(CC)[N+](=O)[O-]. The third-order valence-corrected chi connectivity index (χ3v) is 2.84. The zero-order valence-corrected chi connectivity index (χ0v) is 10.1. The van der Waals surface area contributed by atoms with Crippen LogP contribution in [0.2, 0.25) is 0 Å². The Morgan fingerprint density at radius 1 is 1.59 bits per heavy atom. The normalized spacial score (nSPS) is 13.8. The highest BCUT2D eigenvalue weighted by Crippen LogP contribution is 2.27. The summed E-state index contributed by atoms with van der Waals surface area (Å²) in [6.45, 7) is 5.51. The lowest BCUT2D eigenvalue weighted by Gasteiger charge is -2.17. The lowest BCUT2D eigenvalue weighted by Crippen LogP contribution is -2.25. The maximum absolute atomic E-state index is 11.0. The van der Waals surface area contributed by atoms with E-state index in [-0.39, 0.29) is 10.8 Å². The molecule has 2 unspecified atom stereocenters. The van der Waals surface area contributed by atoms with Gasteiger partial charge in [0.2, 0.25) is 6.04 Å². The molecule has 17 heavy (non-hydrogen) atoms. The zero-order chi connectivity index (χ0) is 12.8. The summed E-state index contributed by atoms with van der Waals surface area (Å²) in [5, 5.41) is 11.0. The second-order valence-corrected chi connectivity index (χ2v) is 3.80. The zero-order valence-electron chi connectivity index (χ0n) is 10.1. The van der Waals surface area contributed by atoms with E-state index >= 15 is 0 Å². The van der Waals surface area contributed by atoms with Gasteiger partial charge >= 0.3 is 0 Å². The number of benzene rings is 1. The second-order valence-electron chi connectivity index (χ2n) is 3.80. The Labute approximate surface area is 101 Å². The number of hydrogen-bond acceptors (Lipinski definition) is 3. The van der Waals surface area contributed by atoms with E-state index in [1.165, 1.54) is 0 Å². The van der Waals surface area contributed by atoms with Gasteiger partial charge in [-0.1, -0.05) is 25.1 Å². The first-order chi connectivity index (χ1) is 8.13. The predicted molar refractivity (Wildman–Crippen MR) is 67.0 cm³/mol. The van der Waals surface area contributed by atoms with Gasteiger partial charge in [-0.2, -0.15) is 0 Å². The Hall–Kier alpha value is -1.84. The molecule has 0 aliphatic rings. The van der Waals surface area contributed by atoms with Gasteiger partial charge in [0, 0.05) is 11.3 Å². The summed E-state index contributed by atoms with van der Waals surface area (Å²) >= 11 is 0. The molecule has 4 heteroatoms. The van der Waals surface area contributed by atoms with Gasteiger partial charge in [-0.15, -0.1) is 6.58 Å². The molecule has 0 heterocycles. The summed E-state index contributed by atoms with van der Waals surface area (Å²) in [5.74, 6) is 0.414. The van der Waals surface area contributed by atoms with E-state index in [2.05, 4.69) is 6.58 Å². The average molecular weight is 235 g/mol. The first-order valence-corrected chi connectivity index (χ1v) is 5.54. The van der Waals surface area contributed by atoms with Gasteiger partial charge in [0.15, 0.2) is 0 Å². The lowest BCUT2D eigenvalue weighted by atomic mass is 9.90. The Bertz CT molecular complexity index is 403. The Balaban J connectivity index is 3.07. The van der Waals surface area contributed by atoms with Crippen molar-refractivity contribution in [2.75, 3.05) is 7.11 Å². The third-order valence-electron chi connectivity index (χ3n) is 2.84. The molecule has 0 amide bonds. The minimum absolute atomic E-state index is 0.244. The average Bonchev–Trinajstić information content (AvgIpc) is 2.35. The molecule has 0 saturated carbocycles. The predicted octanol–water partition coefficient (Wildman–Crippen LogP) is 3.02. The van der Waals surface area contributed by atoms with Crippen LogP contribution >= 0.6 is 0 Å². The quantitative estimate of drug-likeness (QED) is 0.432. The molecular formula is C13H17NO3. The molecule has 0 spiro atoms. The topological polar surface area (TPSA) is 52.4 Å². The van der Waals surface area contributed by atoms with Crippen LogP contribution in [0.15, 0.2) is 36.9 Å². The molecule has 1 aromatic carbocycles. The molecule has 0 bridgehead atoms. The summed E-state index contributed by atoms with van der Waals surface area (Å²) < 4.78 is 5.12. The van der Waals surface area contributed by atoms with Gasteiger partial charge in [-0.05, 0) is 17.7 Å². The first-order valence-electron chi connectivity index (χ1n) is 5.54. The molecular weight excluding hydrogens is 218 g/mol. The number of nitro groups is 1. The molecule has 1 aromatic rings. The molecule has 0 saturated heterocycles. The number of nitrogens with zero attached hydrogens (tertiary/aromatic N) is 1. The van der Waals surface area contributed by atoms with Crippen molar-refractivity contribution in [2.45, 2.75) is 25.3 Å².